The third kappa shape index (κ3) is 2.82. The van der Waals surface area contributed by atoms with Gasteiger partial charge >= 0.3 is 0 Å². The Hall–Kier alpha value is -1.49. The average Bonchev–Trinajstić information content (AvgIpc) is 2.89. The fourth-order valence-corrected chi connectivity index (χ4v) is 3.38. The minimum absolute atomic E-state index is 0.246. The minimum Gasteiger partial charge on any atom is -0.313 e. The number of fused-ring (bicyclic) bond motifs is 1. The summed E-state index contributed by atoms with van der Waals surface area (Å²) in [5, 5.41) is 3.36. The Morgan fingerprint density at radius 2 is 1.95 bits per heavy atom. The molecular formula is C15H14ClN3S. The lowest BCUT2D eigenvalue weighted by molar-refractivity contribution is 0.597. The van der Waals surface area contributed by atoms with Gasteiger partial charge < -0.3 is 5.32 Å². The summed E-state index contributed by atoms with van der Waals surface area (Å²) in [6.45, 7) is 0. The van der Waals surface area contributed by atoms with Gasteiger partial charge in [-0.25, -0.2) is 0 Å². The van der Waals surface area contributed by atoms with E-state index in [1.54, 1.807) is 23.7 Å². The molecule has 3 rings (SSSR count). The highest BCUT2D eigenvalue weighted by Gasteiger charge is 2.12. The van der Waals surface area contributed by atoms with Crippen LogP contribution in [0.2, 0.25) is 4.34 Å². The zero-order chi connectivity index (χ0) is 13.9. The van der Waals surface area contributed by atoms with E-state index in [0.717, 1.165) is 21.8 Å². The number of nitrogens with zero attached hydrogens (tertiary/aromatic N) is 2. The molecule has 3 aromatic rings. The number of likely N-dealkylation sites (N-methyl/N-ethyl adjacent to an activating group) is 1. The molecule has 0 aliphatic carbocycles. The molecule has 102 valence electrons. The van der Waals surface area contributed by atoms with Crippen LogP contribution in [0, 0.1) is 0 Å². The van der Waals surface area contributed by atoms with E-state index >= 15 is 0 Å². The number of benzene rings is 1. The Balaban J connectivity index is 1.90. The summed E-state index contributed by atoms with van der Waals surface area (Å²) in [5.41, 5.74) is 3.06. The van der Waals surface area contributed by atoms with Crippen molar-refractivity contribution in [1.82, 2.24) is 15.3 Å². The van der Waals surface area contributed by atoms with E-state index in [1.807, 2.05) is 19.2 Å². The fraction of sp³-hybridized carbons (Fsp3) is 0.200. The van der Waals surface area contributed by atoms with Gasteiger partial charge in [-0.1, -0.05) is 17.7 Å². The van der Waals surface area contributed by atoms with Crippen molar-refractivity contribution >= 4 is 34.0 Å². The van der Waals surface area contributed by atoms with Crippen molar-refractivity contribution < 1.29 is 0 Å². The molecule has 0 radical (unpaired) electrons. The molecule has 5 heteroatoms. The smallest absolute Gasteiger partial charge is 0.0931 e. The maximum Gasteiger partial charge on any atom is 0.0931 e. The average molecular weight is 304 g/mol. The lowest BCUT2D eigenvalue weighted by atomic mass is 10.0. The molecule has 0 aliphatic heterocycles. The highest BCUT2D eigenvalue weighted by molar-refractivity contribution is 7.16. The van der Waals surface area contributed by atoms with Crippen molar-refractivity contribution in [2.24, 2.45) is 0 Å². The van der Waals surface area contributed by atoms with Crippen LogP contribution in [0.25, 0.3) is 11.0 Å². The quantitative estimate of drug-likeness (QED) is 0.795. The van der Waals surface area contributed by atoms with Gasteiger partial charge in [0.15, 0.2) is 0 Å². The summed E-state index contributed by atoms with van der Waals surface area (Å²) in [7, 11) is 1.97. The molecule has 0 saturated carbocycles. The predicted molar refractivity (Wildman–Crippen MR) is 84.4 cm³/mol. The maximum absolute atomic E-state index is 5.99. The lowest BCUT2D eigenvalue weighted by Gasteiger charge is -2.16. The zero-order valence-corrected chi connectivity index (χ0v) is 12.6. The van der Waals surface area contributed by atoms with Gasteiger partial charge in [0.2, 0.25) is 0 Å². The molecule has 0 spiro atoms. The Bertz CT molecular complexity index is 726. The van der Waals surface area contributed by atoms with Crippen molar-refractivity contribution in [3.63, 3.8) is 0 Å². The number of hydrogen-bond acceptors (Lipinski definition) is 4. The van der Waals surface area contributed by atoms with Crippen LogP contribution in [-0.4, -0.2) is 17.0 Å². The second-order valence-electron chi connectivity index (χ2n) is 4.56. The van der Waals surface area contributed by atoms with E-state index in [9.17, 15) is 0 Å². The van der Waals surface area contributed by atoms with Crippen LogP contribution in [0.5, 0.6) is 0 Å². The molecule has 1 atom stereocenters. The Morgan fingerprint density at radius 1 is 1.15 bits per heavy atom. The van der Waals surface area contributed by atoms with Crippen LogP contribution in [0.1, 0.15) is 16.5 Å². The number of thiophene rings is 1. The lowest BCUT2D eigenvalue weighted by Crippen LogP contribution is -2.18. The summed E-state index contributed by atoms with van der Waals surface area (Å²) in [6, 6.07) is 10.5. The van der Waals surface area contributed by atoms with E-state index in [1.165, 1.54) is 10.4 Å². The fourth-order valence-electron chi connectivity index (χ4n) is 2.25. The van der Waals surface area contributed by atoms with Gasteiger partial charge in [0.25, 0.3) is 0 Å². The van der Waals surface area contributed by atoms with Gasteiger partial charge in [0.1, 0.15) is 0 Å². The Morgan fingerprint density at radius 3 is 2.65 bits per heavy atom. The molecule has 0 aliphatic rings. The third-order valence-electron chi connectivity index (χ3n) is 3.28. The van der Waals surface area contributed by atoms with Gasteiger partial charge in [-0.05, 0) is 36.9 Å². The van der Waals surface area contributed by atoms with Crippen molar-refractivity contribution in [2.45, 2.75) is 12.5 Å². The first-order chi connectivity index (χ1) is 9.76. The molecule has 2 heterocycles. The van der Waals surface area contributed by atoms with E-state index in [2.05, 4.69) is 33.5 Å². The van der Waals surface area contributed by atoms with Crippen LogP contribution in [0.4, 0.5) is 0 Å². The standard InChI is InChI=1S/C15H14ClN3S/c1-17-13(9-11-3-5-15(16)20-11)10-2-4-12-14(8-10)19-7-6-18-12/h2-8,13,17H,9H2,1H3. The summed E-state index contributed by atoms with van der Waals surface area (Å²) >= 11 is 7.62. The molecule has 0 saturated heterocycles. The van der Waals surface area contributed by atoms with Gasteiger partial charge in [-0.15, -0.1) is 11.3 Å². The Kier molecular flexibility index (Phi) is 3.96. The van der Waals surface area contributed by atoms with Gasteiger partial charge in [-0.3, -0.25) is 9.97 Å². The summed E-state index contributed by atoms with van der Waals surface area (Å²) < 4.78 is 0.833. The van der Waals surface area contributed by atoms with Crippen LogP contribution in [0.3, 0.4) is 0 Å². The van der Waals surface area contributed by atoms with Gasteiger partial charge in [-0.2, -0.15) is 0 Å². The highest BCUT2D eigenvalue weighted by atomic mass is 35.5. The van der Waals surface area contributed by atoms with Gasteiger partial charge in [0.05, 0.1) is 15.4 Å². The zero-order valence-electron chi connectivity index (χ0n) is 11.0. The molecule has 20 heavy (non-hydrogen) atoms. The normalized spacial score (nSPS) is 12.7. The molecule has 1 N–H and O–H groups in total. The van der Waals surface area contributed by atoms with E-state index in [4.69, 9.17) is 11.6 Å². The predicted octanol–water partition coefficient (Wildman–Crippen LogP) is 3.85. The molecule has 0 amide bonds. The third-order valence-corrected chi connectivity index (χ3v) is 4.53. The SMILES string of the molecule is CNC(Cc1ccc(Cl)s1)c1ccc2nccnc2c1. The molecule has 1 unspecified atom stereocenters. The second kappa shape index (κ2) is 5.87. The van der Waals surface area contributed by atoms with Crippen LogP contribution < -0.4 is 5.32 Å². The molecule has 3 nitrogen and oxygen atoms in total. The van der Waals surface area contributed by atoms with Gasteiger partial charge in [0, 0.05) is 29.7 Å². The number of hydrogen-bond donors (Lipinski definition) is 1. The van der Waals surface area contributed by atoms with Crippen molar-refractivity contribution in [2.75, 3.05) is 7.05 Å². The first-order valence-electron chi connectivity index (χ1n) is 6.38. The monoisotopic (exact) mass is 303 g/mol. The number of rotatable bonds is 4. The van der Waals surface area contributed by atoms with Crippen LogP contribution in [-0.2, 0) is 6.42 Å². The molecule has 2 aromatic heterocycles. The summed E-state index contributed by atoms with van der Waals surface area (Å²) in [6.07, 6.45) is 4.35. The molecule has 0 fully saturated rings. The minimum atomic E-state index is 0.246. The molecule has 0 bridgehead atoms. The summed E-state index contributed by atoms with van der Waals surface area (Å²) in [5.74, 6) is 0. The van der Waals surface area contributed by atoms with E-state index in [0.29, 0.717) is 0 Å². The Labute approximate surface area is 126 Å². The van der Waals surface area contributed by atoms with Crippen LogP contribution >= 0.6 is 22.9 Å². The molecular weight excluding hydrogens is 290 g/mol. The second-order valence-corrected chi connectivity index (χ2v) is 6.36. The van der Waals surface area contributed by atoms with E-state index in [-0.39, 0.29) is 6.04 Å². The van der Waals surface area contributed by atoms with Crippen molar-refractivity contribution in [1.29, 1.82) is 0 Å². The maximum atomic E-state index is 5.99. The highest BCUT2D eigenvalue weighted by Crippen LogP contribution is 2.27. The van der Waals surface area contributed by atoms with Crippen molar-refractivity contribution in [3.8, 4) is 0 Å². The first kappa shape index (κ1) is 13.5. The summed E-state index contributed by atoms with van der Waals surface area (Å²) in [4.78, 5) is 9.93. The number of nitrogens with one attached hydrogen (secondary N) is 1. The van der Waals surface area contributed by atoms with Crippen molar-refractivity contribution in [3.05, 3.63) is 57.5 Å². The number of halogens is 1. The first-order valence-corrected chi connectivity index (χ1v) is 7.58. The van der Waals surface area contributed by atoms with E-state index < -0.39 is 0 Å². The number of aromatic nitrogens is 2. The molecule has 1 aromatic carbocycles. The van der Waals surface area contributed by atoms with Crippen LogP contribution in [0.15, 0.2) is 42.7 Å². The topological polar surface area (TPSA) is 37.8 Å². The largest absolute Gasteiger partial charge is 0.313 e.